The number of carbonyl (C=O) groups excluding carboxylic acids is 1. The molecule has 0 radical (unpaired) electrons. The Morgan fingerprint density at radius 2 is 1.76 bits per heavy atom. The summed E-state index contributed by atoms with van der Waals surface area (Å²) in [5.41, 5.74) is 5.47. The minimum atomic E-state index is -0.185. The quantitative estimate of drug-likeness (QED) is 0.225. The second-order valence-corrected chi connectivity index (χ2v) is 12.7. The minimum absolute atomic E-state index is 0.128. The van der Waals surface area contributed by atoms with E-state index < -0.39 is 0 Å². The number of fused-ring (bicyclic) bond motifs is 1. The van der Waals surface area contributed by atoms with Crippen LogP contribution in [-0.2, 0) is 6.54 Å². The van der Waals surface area contributed by atoms with Crippen molar-refractivity contribution >= 4 is 57.8 Å². The normalized spacial score (nSPS) is 11.7. The fourth-order valence-electron chi connectivity index (χ4n) is 4.48. The van der Waals surface area contributed by atoms with Crippen molar-refractivity contribution in [2.24, 2.45) is 5.41 Å². The van der Waals surface area contributed by atoms with E-state index in [9.17, 15) is 4.79 Å². The first-order chi connectivity index (χ1) is 18.0. The van der Waals surface area contributed by atoms with E-state index in [-0.39, 0.29) is 11.4 Å². The number of thioether (sulfide) groups is 2. The summed E-state index contributed by atoms with van der Waals surface area (Å²) in [5.74, 6) is 0.740. The fraction of sp³-hybridized carbons (Fsp3) is 0.333. The van der Waals surface area contributed by atoms with Gasteiger partial charge in [0, 0.05) is 33.1 Å². The standard InChI is InChI=1S/C30H34ClN3O2S2/c1-18-8-13-23-22(14-18)26(20-9-11-21(31)12-10-20)24(36-23)16-34(17-30(3,4)5)29(35)33-27-25(37-6)15-19(2)32-28(27)38-7/h8-15H,16-17H2,1-7H3,(H,33,35). The number of anilines is 1. The number of pyridine rings is 1. The first-order valence-corrected chi connectivity index (χ1v) is 15.3. The van der Waals surface area contributed by atoms with Crippen LogP contribution in [0.5, 0.6) is 0 Å². The molecular weight excluding hydrogens is 534 g/mol. The van der Waals surface area contributed by atoms with Crippen LogP contribution < -0.4 is 5.32 Å². The predicted octanol–water partition coefficient (Wildman–Crippen LogP) is 9.29. The highest BCUT2D eigenvalue weighted by Crippen LogP contribution is 2.38. The van der Waals surface area contributed by atoms with Crippen LogP contribution >= 0.6 is 35.1 Å². The summed E-state index contributed by atoms with van der Waals surface area (Å²) in [6, 6.07) is 15.8. The zero-order valence-electron chi connectivity index (χ0n) is 22.9. The lowest BCUT2D eigenvalue weighted by atomic mass is 9.95. The summed E-state index contributed by atoms with van der Waals surface area (Å²) in [7, 11) is 0. The first-order valence-electron chi connectivity index (χ1n) is 12.4. The molecule has 2 amide bonds. The van der Waals surface area contributed by atoms with E-state index >= 15 is 0 Å². The van der Waals surface area contributed by atoms with Gasteiger partial charge in [0.1, 0.15) is 16.4 Å². The zero-order valence-corrected chi connectivity index (χ0v) is 25.3. The Morgan fingerprint density at radius 3 is 2.39 bits per heavy atom. The number of rotatable bonds is 7. The molecule has 2 heterocycles. The van der Waals surface area contributed by atoms with E-state index in [1.807, 2.05) is 66.8 Å². The number of carbonyl (C=O) groups is 1. The Morgan fingerprint density at radius 1 is 1.05 bits per heavy atom. The SMILES string of the molecule is CSc1cc(C)nc(SC)c1NC(=O)N(Cc1oc2ccc(C)cc2c1-c1ccc(Cl)cc1)CC(C)(C)C. The number of aryl methyl sites for hydroxylation is 2. The van der Waals surface area contributed by atoms with E-state index in [2.05, 4.69) is 44.1 Å². The maximum Gasteiger partial charge on any atom is 0.322 e. The number of aromatic nitrogens is 1. The van der Waals surface area contributed by atoms with Gasteiger partial charge in [-0.25, -0.2) is 9.78 Å². The molecule has 0 fully saturated rings. The van der Waals surface area contributed by atoms with Gasteiger partial charge in [-0.2, -0.15) is 0 Å². The maximum absolute atomic E-state index is 13.9. The highest BCUT2D eigenvalue weighted by atomic mass is 35.5. The Kier molecular flexibility index (Phi) is 8.70. The molecule has 0 atom stereocenters. The molecule has 200 valence electrons. The average Bonchev–Trinajstić information content (AvgIpc) is 3.20. The Hall–Kier alpha value is -2.61. The van der Waals surface area contributed by atoms with Crippen LogP contribution in [-0.4, -0.2) is 35.0 Å². The number of hydrogen-bond donors (Lipinski definition) is 1. The van der Waals surface area contributed by atoms with Crippen molar-refractivity contribution < 1.29 is 9.21 Å². The average molecular weight is 568 g/mol. The number of halogens is 1. The monoisotopic (exact) mass is 567 g/mol. The number of nitrogens with zero attached hydrogens (tertiary/aromatic N) is 2. The summed E-state index contributed by atoms with van der Waals surface area (Å²) < 4.78 is 6.41. The van der Waals surface area contributed by atoms with Gasteiger partial charge in [-0.05, 0) is 67.7 Å². The molecule has 5 nitrogen and oxygen atoms in total. The molecule has 0 aliphatic carbocycles. The van der Waals surface area contributed by atoms with E-state index in [1.54, 1.807) is 11.8 Å². The molecule has 0 aliphatic rings. The van der Waals surface area contributed by atoms with E-state index in [4.69, 9.17) is 16.0 Å². The third-order valence-corrected chi connectivity index (χ3v) is 7.76. The molecule has 1 N–H and O–H groups in total. The lowest BCUT2D eigenvalue weighted by Crippen LogP contribution is -2.40. The third-order valence-electron chi connectivity index (χ3n) is 6.06. The number of nitrogens with one attached hydrogen (secondary N) is 1. The topological polar surface area (TPSA) is 58.4 Å². The van der Waals surface area contributed by atoms with E-state index in [0.29, 0.717) is 18.1 Å². The molecule has 0 spiro atoms. The van der Waals surface area contributed by atoms with Crippen LogP contribution in [0, 0.1) is 19.3 Å². The fourth-order valence-corrected chi connectivity index (χ4v) is 5.91. The zero-order chi connectivity index (χ0) is 27.6. The van der Waals surface area contributed by atoms with Gasteiger partial charge in [0.05, 0.1) is 12.2 Å². The van der Waals surface area contributed by atoms with Crippen molar-refractivity contribution in [2.75, 3.05) is 24.4 Å². The van der Waals surface area contributed by atoms with E-state index in [1.165, 1.54) is 11.8 Å². The Labute approximate surface area is 238 Å². The van der Waals surface area contributed by atoms with Gasteiger partial charge >= 0.3 is 6.03 Å². The van der Waals surface area contributed by atoms with Crippen molar-refractivity contribution in [1.82, 2.24) is 9.88 Å². The number of amides is 2. The van der Waals surface area contributed by atoms with Gasteiger partial charge in [0.2, 0.25) is 0 Å². The maximum atomic E-state index is 13.9. The summed E-state index contributed by atoms with van der Waals surface area (Å²) in [5, 5.41) is 5.69. The number of urea groups is 1. The highest BCUT2D eigenvalue weighted by molar-refractivity contribution is 7.99. The second-order valence-electron chi connectivity index (χ2n) is 10.6. The molecule has 8 heteroatoms. The number of hydrogen-bond acceptors (Lipinski definition) is 5. The molecule has 4 aromatic rings. The van der Waals surface area contributed by atoms with Crippen LogP contribution in [0.15, 0.2) is 62.9 Å². The summed E-state index contributed by atoms with van der Waals surface area (Å²) in [4.78, 5) is 21.4. The lowest BCUT2D eigenvalue weighted by Gasteiger charge is -2.30. The lowest BCUT2D eigenvalue weighted by molar-refractivity contribution is 0.176. The van der Waals surface area contributed by atoms with Crippen molar-refractivity contribution in [2.45, 2.75) is 51.1 Å². The van der Waals surface area contributed by atoms with Crippen LogP contribution in [0.4, 0.5) is 10.5 Å². The van der Waals surface area contributed by atoms with Crippen LogP contribution in [0.25, 0.3) is 22.1 Å². The molecule has 0 saturated heterocycles. The van der Waals surface area contributed by atoms with Crippen molar-refractivity contribution in [3.63, 3.8) is 0 Å². The predicted molar refractivity (Wildman–Crippen MR) is 163 cm³/mol. The molecule has 4 rings (SSSR count). The van der Waals surface area contributed by atoms with Gasteiger partial charge < -0.3 is 14.6 Å². The van der Waals surface area contributed by atoms with Crippen molar-refractivity contribution in [3.05, 3.63) is 70.6 Å². The Balaban J connectivity index is 1.78. The molecular formula is C30H34ClN3O2S2. The van der Waals surface area contributed by atoms with Gasteiger partial charge in [-0.3, -0.25) is 0 Å². The van der Waals surface area contributed by atoms with Gasteiger partial charge in [0.25, 0.3) is 0 Å². The Bertz CT molecular complexity index is 1430. The molecule has 0 saturated carbocycles. The van der Waals surface area contributed by atoms with Gasteiger partial charge in [-0.1, -0.05) is 56.1 Å². The van der Waals surface area contributed by atoms with Gasteiger partial charge in [-0.15, -0.1) is 23.5 Å². The minimum Gasteiger partial charge on any atom is -0.459 e. The number of benzene rings is 2. The summed E-state index contributed by atoms with van der Waals surface area (Å²) in [6.07, 6.45) is 3.99. The molecule has 0 unspecified atom stereocenters. The molecule has 2 aromatic carbocycles. The summed E-state index contributed by atoms with van der Waals surface area (Å²) >= 11 is 9.33. The third kappa shape index (κ3) is 6.50. The van der Waals surface area contributed by atoms with Crippen LogP contribution in [0.3, 0.4) is 0 Å². The van der Waals surface area contributed by atoms with Crippen LogP contribution in [0.1, 0.15) is 37.8 Å². The molecule has 38 heavy (non-hydrogen) atoms. The van der Waals surface area contributed by atoms with Gasteiger partial charge in [0.15, 0.2) is 0 Å². The van der Waals surface area contributed by atoms with Crippen molar-refractivity contribution in [3.8, 4) is 11.1 Å². The highest BCUT2D eigenvalue weighted by Gasteiger charge is 2.27. The second kappa shape index (κ2) is 11.6. The first kappa shape index (κ1) is 28.4. The van der Waals surface area contributed by atoms with E-state index in [0.717, 1.165) is 54.7 Å². The largest absolute Gasteiger partial charge is 0.459 e. The molecule has 0 bridgehead atoms. The molecule has 2 aromatic heterocycles. The summed E-state index contributed by atoms with van der Waals surface area (Å²) in [6.45, 7) is 11.3. The number of furan rings is 1. The smallest absolute Gasteiger partial charge is 0.322 e. The molecule has 0 aliphatic heterocycles. The van der Waals surface area contributed by atoms with Crippen LogP contribution in [0.2, 0.25) is 5.02 Å². The van der Waals surface area contributed by atoms with Crippen molar-refractivity contribution in [1.29, 1.82) is 0 Å².